The van der Waals surface area contributed by atoms with Crippen molar-refractivity contribution in [1.82, 2.24) is 0 Å². The molecule has 0 saturated carbocycles. The van der Waals surface area contributed by atoms with Crippen LogP contribution in [0.15, 0.2) is 28.7 Å². The van der Waals surface area contributed by atoms with E-state index in [9.17, 15) is 13.0 Å². The maximum absolute atomic E-state index is 11.5. The van der Waals surface area contributed by atoms with Crippen molar-refractivity contribution in [3.05, 3.63) is 34.3 Å². The molecule has 5 heteroatoms. The molecule has 0 spiro atoms. The van der Waals surface area contributed by atoms with Gasteiger partial charge in [-0.05, 0) is 31.0 Å². The Morgan fingerprint density at radius 2 is 1.81 bits per heavy atom. The maximum atomic E-state index is 11.5. The van der Waals surface area contributed by atoms with Gasteiger partial charge in [0.05, 0.1) is 0 Å². The van der Waals surface area contributed by atoms with Gasteiger partial charge < -0.3 is 0 Å². The van der Waals surface area contributed by atoms with E-state index in [1.165, 1.54) is 0 Å². The van der Waals surface area contributed by atoms with E-state index in [1.807, 2.05) is 6.92 Å². The smallest absolute Gasteiger partial charge is 0.274 e. The van der Waals surface area contributed by atoms with Crippen LogP contribution in [0.4, 0.5) is 0 Å². The van der Waals surface area contributed by atoms with Crippen molar-refractivity contribution in [2.24, 2.45) is 0 Å². The molecule has 0 aromatic heterocycles. The molecule has 1 atom stereocenters. The van der Waals surface area contributed by atoms with Gasteiger partial charge in [-0.2, -0.15) is 8.42 Å². The predicted molar refractivity (Wildman–Crippen MR) is 68.0 cm³/mol. The lowest BCUT2D eigenvalue weighted by Gasteiger charge is -2.26. The Labute approximate surface area is 105 Å². The highest BCUT2D eigenvalue weighted by molar-refractivity contribution is 9.10. The number of hydrogen-bond donors (Lipinski definition) is 1. The summed E-state index contributed by atoms with van der Waals surface area (Å²) in [4.78, 5) is 0. The molecule has 0 aliphatic carbocycles. The molecule has 0 aliphatic heterocycles. The SMILES string of the molecule is CCCC(C)(c1ccc(Br)cc1)S(=O)(=O)O. The Bertz CT molecular complexity index is 453. The van der Waals surface area contributed by atoms with Crippen LogP contribution in [0.5, 0.6) is 0 Å². The second-order valence-electron chi connectivity index (χ2n) is 3.96. The third-order valence-electron chi connectivity index (χ3n) is 2.75. The van der Waals surface area contributed by atoms with E-state index in [0.717, 1.165) is 4.47 Å². The molecule has 3 nitrogen and oxygen atoms in total. The number of halogens is 1. The van der Waals surface area contributed by atoms with Gasteiger partial charge in [-0.15, -0.1) is 0 Å². The summed E-state index contributed by atoms with van der Waals surface area (Å²) in [7, 11) is -4.11. The molecule has 0 radical (unpaired) electrons. The Balaban J connectivity index is 3.27. The highest BCUT2D eigenvalue weighted by Crippen LogP contribution is 2.34. The molecule has 0 fully saturated rings. The summed E-state index contributed by atoms with van der Waals surface area (Å²) >= 11 is 3.29. The normalized spacial score (nSPS) is 15.8. The summed E-state index contributed by atoms with van der Waals surface area (Å²) in [6, 6.07) is 6.98. The van der Waals surface area contributed by atoms with Crippen LogP contribution in [0.3, 0.4) is 0 Å². The second kappa shape index (κ2) is 4.85. The van der Waals surface area contributed by atoms with Gasteiger partial charge in [-0.25, -0.2) is 0 Å². The van der Waals surface area contributed by atoms with E-state index >= 15 is 0 Å². The van der Waals surface area contributed by atoms with E-state index in [0.29, 0.717) is 18.4 Å². The van der Waals surface area contributed by atoms with Crippen molar-refractivity contribution < 1.29 is 13.0 Å². The first kappa shape index (κ1) is 13.7. The van der Waals surface area contributed by atoms with Gasteiger partial charge in [-0.3, -0.25) is 4.55 Å². The summed E-state index contributed by atoms with van der Waals surface area (Å²) in [5, 5.41) is 0. The quantitative estimate of drug-likeness (QED) is 0.868. The van der Waals surface area contributed by atoms with Crippen LogP contribution in [0.2, 0.25) is 0 Å². The molecule has 1 unspecified atom stereocenters. The van der Waals surface area contributed by atoms with Crippen molar-refractivity contribution in [2.75, 3.05) is 0 Å². The van der Waals surface area contributed by atoms with Crippen LogP contribution in [-0.4, -0.2) is 13.0 Å². The Morgan fingerprint density at radius 1 is 1.31 bits per heavy atom. The van der Waals surface area contributed by atoms with Gasteiger partial charge in [0.1, 0.15) is 4.75 Å². The molecule has 0 heterocycles. The van der Waals surface area contributed by atoms with E-state index in [-0.39, 0.29) is 0 Å². The lowest BCUT2D eigenvalue weighted by Crippen LogP contribution is -2.32. The lowest BCUT2D eigenvalue weighted by atomic mass is 9.95. The summed E-state index contributed by atoms with van der Waals surface area (Å²) in [6.07, 6.45) is 1.08. The highest BCUT2D eigenvalue weighted by atomic mass is 79.9. The standard InChI is InChI=1S/C11H15BrO3S/c1-3-8-11(2,16(13,14)15)9-4-6-10(12)7-5-9/h4-7H,3,8H2,1-2H3,(H,13,14,15). The molecule has 16 heavy (non-hydrogen) atoms. The first-order chi connectivity index (χ1) is 7.31. The second-order valence-corrected chi connectivity index (χ2v) is 6.73. The first-order valence-electron chi connectivity index (χ1n) is 5.04. The third-order valence-corrected chi connectivity index (χ3v) is 4.86. The fraction of sp³-hybridized carbons (Fsp3) is 0.455. The first-order valence-corrected chi connectivity index (χ1v) is 7.27. The van der Waals surface area contributed by atoms with Crippen LogP contribution in [0.1, 0.15) is 32.3 Å². The van der Waals surface area contributed by atoms with Gasteiger partial charge in [0.25, 0.3) is 10.1 Å². The van der Waals surface area contributed by atoms with Crippen molar-refractivity contribution in [3.63, 3.8) is 0 Å². The number of rotatable bonds is 4. The predicted octanol–water partition coefficient (Wildman–Crippen LogP) is 3.35. The molecular weight excluding hydrogens is 292 g/mol. The highest BCUT2D eigenvalue weighted by Gasteiger charge is 2.38. The average molecular weight is 307 g/mol. The Kier molecular flexibility index (Phi) is 4.15. The van der Waals surface area contributed by atoms with Gasteiger partial charge >= 0.3 is 0 Å². The zero-order chi connectivity index (χ0) is 12.4. The number of benzene rings is 1. The number of hydrogen-bond acceptors (Lipinski definition) is 2. The minimum Gasteiger partial charge on any atom is -0.285 e. The third kappa shape index (κ3) is 2.64. The Hall–Kier alpha value is -0.390. The lowest BCUT2D eigenvalue weighted by molar-refractivity contribution is 0.422. The van der Waals surface area contributed by atoms with Crippen molar-refractivity contribution in [3.8, 4) is 0 Å². The summed E-state index contributed by atoms with van der Waals surface area (Å²) < 4.78 is 32.0. The van der Waals surface area contributed by atoms with Crippen molar-refractivity contribution in [1.29, 1.82) is 0 Å². The van der Waals surface area contributed by atoms with Crippen LogP contribution in [0, 0.1) is 0 Å². The maximum Gasteiger partial charge on any atom is 0.274 e. The zero-order valence-corrected chi connectivity index (χ0v) is 11.7. The molecule has 1 aromatic carbocycles. The van der Waals surface area contributed by atoms with Gasteiger partial charge in [0.15, 0.2) is 0 Å². The minimum absolute atomic E-state index is 0.396. The molecule has 0 saturated heterocycles. The van der Waals surface area contributed by atoms with Crippen LogP contribution >= 0.6 is 15.9 Å². The summed E-state index contributed by atoms with van der Waals surface area (Å²) in [6.45, 7) is 3.44. The van der Waals surface area contributed by atoms with Crippen LogP contribution in [-0.2, 0) is 14.9 Å². The topological polar surface area (TPSA) is 54.4 Å². The molecule has 0 bridgehead atoms. The molecule has 1 aromatic rings. The molecular formula is C11H15BrO3S. The average Bonchev–Trinajstić information content (AvgIpc) is 2.17. The summed E-state index contributed by atoms with van der Waals surface area (Å²) in [5.41, 5.74) is 0.611. The fourth-order valence-electron chi connectivity index (χ4n) is 1.70. The van der Waals surface area contributed by atoms with E-state index in [2.05, 4.69) is 15.9 Å². The Morgan fingerprint density at radius 3 is 2.19 bits per heavy atom. The molecule has 90 valence electrons. The van der Waals surface area contributed by atoms with E-state index in [4.69, 9.17) is 0 Å². The molecule has 1 N–H and O–H groups in total. The van der Waals surface area contributed by atoms with Gasteiger partial charge in [0.2, 0.25) is 0 Å². The van der Waals surface area contributed by atoms with Crippen molar-refractivity contribution in [2.45, 2.75) is 31.4 Å². The molecule has 1 rings (SSSR count). The van der Waals surface area contributed by atoms with Crippen molar-refractivity contribution >= 4 is 26.0 Å². The minimum atomic E-state index is -4.11. The van der Waals surface area contributed by atoms with Gasteiger partial charge in [-0.1, -0.05) is 41.4 Å². The van der Waals surface area contributed by atoms with E-state index < -0.39 is 14.9 Å². The van der Waals surface area contributed by atoms with Gasteiger partial charge in [0, 0.05) is 4.47 Å². The van der Waals surface area contributed by atoms with E-state index in [1.54, 1.807) is 31.2 Å². The zero-order valence-electron chi connectivity index (χ0n) is 9.27. The molecule has 0 aliphatic rings. The monoisotopic (exact) mass is 306 g/mol. The molecule has 0 amide bonds. The van der Waals surface area contributed by atoms with Crippen LogP contribution in [0.25, 0.3) is 0 Å². The fourth-order valence-corrected chi connectivity index (χ4v) is 2.86. The van der Waals surface area contributed by atoms with Crippen LogP contribution < -0.4 is 0 Å². The largest absolute Gasteiger partial charge is 0.285 e. The summed E-state index contributed by atoms with van der Waals surface area (Å²) in [5.74, 6) is 0.